The molecule has 0 aromatic heterocycles. The lowest BCUT2D eigenvalue weighted by molar-refractivity contribution is 0.291. The van der Waals surface area contributed by atoms with E-state index in [4.69, 9.17) is 16.2 Å². The van der Waals surface area contributed by atoms with E-state index in [1.807, 2.05) is 0 Å². The van der Waals surface area contributed by atoms with Crippen LogP contribution in [0.1, 0.15) is 25.7 Å². The summed E-state index contributed by atoms with van der Waals surface area (Å²) >= 11 is 0. The molecule has 3 nitrogen and oxygen atoms in total. The van der Waals surface area contributed by atoms with Crippen molar-refractivity contribution < 1.29 is 5.11 Å². The maximum Gasteiger partial charge on any atom is 0.0434 e. The molecule has 68 valence electrons. The molecule has 0 aliphatic carbocycles. The number of aliphatic hydroxyl groups is 1. The van der Waals surface area contributed by atoms with E-state index < -0.39 is 0 Å². The van der Waals surface area contributed by atoms with E-state index in [2.05, 4.69) is 0 Å². The summed E-state index contributed by atoms with van der Waals surface area (Å²) in [5, 5.41) is 15.7. The zero-order chi connectivity index (χ0) is 7.82. The molecule has 0 aromatic rings. The quantitative estimate of drug-likeness (QED) is 0.501. The highest BCUT2D eigenvalue weighted by Gasteiger charge is 1.94. The highest BCUT2D eigenvalue weighted by molar-refractivity contribution is 14.0. The Bertz CT molecular complexity index is 88.4. The summed E-state index contributed by atoms with van der Waals surface area (Å²) in [6, 6.07) is 0. The van der Waals surface area contributed by atoms with Gasteiger partial charge in [-0.05, 0) is 32.2 Å². The molecule has 0 aromatic carbocycles. The largest absolute Gasteiger partial charge is 0.396 e. The molecule has 0 heterocycles. The van der Waals surface area contributed by atoms with Gasteiger partial charge in [-0.1, -0.05) is 0 Å². The lowest BCUT2D eigenvalue weighted by Gasteiger charge is -1.99. The van der Waals surface area contributed by atoms with Crippen molar-refractivity contribution in [1.29, 1.82) is 5.41 Å². The van der Waals surface area contributed by atoms with Gasteiger partial charge < -0.3 is 16.2 Å². The van der Waals surface area contributed by atoms with Gasteiger partial charge in [-0.2, -0.15) is 0 Å². The molecule has 0 aliphatic heterocycles. The minimum absolute atomic E-state index is 0. The fourth-order valence-electron chi connectivity index (χ4n) is 0.733. The predicted molar refractivity (Wildman–Crippen MR) is 57.7 cm³/mol. The fraction of sp³-hybridized carbons (Fsp3) is 0.857. The Morgan fingerprint density at radius 1 is 1.27 bits per heavy atom. The first-order valence-electron chi connectivity index (χ1n) is 3.68. The van der Waals surface area contributed by atoms with Crippen molar-refractivity contribution in [3.8, 4) is 0 Å². The van der Waals surface area contributed by atoms with Crippen LogP contribution in [0.5, 0.6) is 0 Å². The normalized spacial score (nSPS) is 8.91. The van der Waals surface area contributed by atoms with Crippen molar-refractivity contribution in [2.75, 3.05) is 13.2 Å². The Morgan fingerprint density at radius 3 is 2.27 bits per heavy atom. The van der Waals surface area contributed by atoms with Gasteiger partial charge in [-0.25, -0.2) is 0 Å². The maximum atomic E-state index is 8.42. The SMILES string of the molecule is I.N=C(CCCN)CCCO. The van der Waals surface area contributed by atoms with Crippen molar-refractivity contribution in [1.82, 2.24) is 0 Å². The van der Waals surface area contributed by atoms with Gasteiger partial charge in [0.1, 0.15) is 0 Å². The summed E-state index contributed by atoms with van der Waals surface area (Å²) in [6.45, 7) is 0.840. The zero-order valence-electron chi connectivity index (χ0n) is 6.68. The molecule has 11 heavy (non-hydrogen) atoms. The van der Waals surface area contributed by atoms with Gasteiger partial charge in [-0.15, -0.1) is 24.0 Å². The van der Waals surface area contributed by atoms with E-state index in [1.165, 1.54) is 0 Å². The van der Waals surface area contributed by atoms with Crippen molar-refractivity contribution in [2.24, 2.45) is 5.73 Å². The zero-order valence-corrected chi connectivity index (χ0v) is 9.01. The van der Waals surface area contributed by atoms with Gasteiger partial charge in [0, 0.05) is 12.3 Å². The number of rotatable bonds is 6. The molecular weight excluding hydrogens is 255 g/mol. The number of halogens is 1. The van der Waals surface area contributed by atoms with Gasteiger partial charge in [0.15, 0.2) is 0 Å². The smallest absolute Gasteiger partial charge is 0.0434 e. The second kappa shape index (κ2) is 10.3. The van der Waals surface area contributed by atoms with Crippen molar-refractivity contribution >= 4 is 29.7 Å². The van der Waals surface area contributed by atoms with Crippen LogP contribution in [-0.2, 0) is 0 Å². The van der Waals surface area contributed by atoms with E-state index in [-0.39, 0.29) is 30.6 Å². The Kier molecular flexibility index (Phi) is 13.0. The molecule has 0 aliphatic rings. The summed E-state index contributed by atoms with van der Waals surface area (Å²) in [4.78, 5) is 0. The molecular formula is C7H17IN2O. The maximum absolute atomic E-state index is 8.42. The van der Waals surface area contributed by atoms with Crippen LogP contribution in [-0.4, -0.2) is 24.0 Å². The monoisotopic (exact) mass is 272 g/mol. The molecule has 0 amide bonds. The Labute approximate surface area is 84.9 Å². The van der Waals surface area contributed by atoms with Crippen molar-refractivity contribution in [3.63, 3.8) is 0 Å². The second-order valence-corrected chi connectivity index (χ2v) is 2.32. The minimum atomic E-state index is 0. The highest BCUT2D eigenvalue weighted by atomic mass is 127. The third kappa shape index (κ3) is 10.3. The molecule has 0 fully saturated rings. The summed E-state index contributed by atoms with van der Waals surface area (Å²) in [5.41, 5.74) is 5.97. The predicted octanol–water partition coefficient (Wildman–Crippen LogP) is 1.14. The van der Waals surface area contributed by atoms with Crippen molar-refractivity contribution in [3.05, 3.63) is 0 Å². The number of aliphatic hydroxyl groups excluding tert-OH is 1. The van der Waals surface area contributed by atoms with E-state index in [1.54, 1.807) is 0 Å². The fourth-order valence-corrected chi connectivity index (χ4v) is 0.733. The van der Waals surface area contributed by atoms with Crippen LogP contribution in [0, 0.1) is 5.41 Å². The van der Waals surface area contributed by atoms with Crippen LogP contribution in [0.2, 0.25) is 0 Å². The first-order chi connectivity index (χ1) is 4.81. The molecule has 0 rings (SSSR count). The number of nitrogens with one attached hydrogen (secondary N) is 1. The first-order valence-corrected chi connectivity index (χ1v) is 3.68. The average Bonchev–Trinajstić information content (AvgIpc) is 1.97. The van der Waals surface area contributed by atoms with E-state index in [9.17, 15) is 0 Å². The van der Waals surface area contributed by atoms with Gasteiger partial charge in [0.05, 0.1) is 0 Å². The Morgan fingerprint density at radius 2 is 1.82 bits per heavy atom. The van der Waals surface area contributed by atoms with Gasteiger partial charge in [0.2, 0.25) is 0 Å². The van der Waals surface area contributed by atoms with Crippen molar-refractivity contribution in [2.45, 2.75) is 25.7 Å². The van der Waals surface area contributed by atoms with Crippen LogP contribution in [0.4, 0.5) is 0 Å². The van der Waals surface area contributed by atoms with Crippen LogP contribution in [0.25, 0.3) is 0 Å². The van der Waals surface area contributed by atoms with Gasteiger partial charge in [-0.3, -0.25) is 0 Å². The van der Waals surface area contributed by atoms with Crippen LogP contribution >= 0.6 is 24.0 Å². The molecule has 0 saturated heterocycles. The third-order valence-electron chi connectivity index (χ3n) is 1.32. The minimum Gasteiger partial charge on any atom is -0.396 e. The third-order valence-corrected chi connectivity index (χ3v) is 1.32. The second-order valence-electron chi connectivity index (χ2n) is 2.32. The number of hydrogen-bond donors (Lipinski definition) is 3. The van der Waals surface area contributed by atoms with Crippen LogP contribution < -0.4 is 5.73 Å². The Hall–Kier alpha value is 0.320. The molecule has 0 bridgehead atoms. The summed E-state index contributed by atoms with van der Waals surface area (Å²) < 4.78 is 0. The summed E-state index contributed by atoms with van der Waals surface area (Å²) in [7, 11) is 0. The highest BCUT2D eigenvalue weighted by Crippen LogP contribution is 1.96. The lowest BCUT2D eigenvalue weighted by Crippen LogP contribution is -2.04. The molecule has 4 N–H and O–H groups in total. The average molecular weight is 272 g/mol. The molecule has 0 radical (unpaired) electrons. The van der Waals surface area contributed by atoms with Crippen LogP contribution in [0.15, 0.2) is 0 Å². The van der Waals surface area contributed by atoms with Crippen LogP contribution in [0.3, 0.4) is 0 Å². The van der Waals surface area contributed by atoms with Gasteiger partial charge in [0.25, 0.3) is 0 Å². The molecule has 0 spiro atoms. The summed E-state index contributed by atoms with van der Waals surface area (Å²) in [5.74, 6) is 0. The lowest BCUT2D eigenvalue weighted by atomic mass is 10.1. The standard InChI is InChI=1S/C7H16N2O.HI/c8-5-1-3-7(9)4-2-6-10;/h9-10H,1-6,8H2;1H. The van der Waals surface area contributed by atoms with Gasteiger partial charge >= 0.3 is 0 Å². The first kappa shape index (κ1) is 13.9. The molecule has 0 unspecified atom stereocenters. The Balaban J connectivity index is 0. The topological polar surface area (TPSA) is 70.1 Å². The van der Waals surface area contributed by atoms with E-state index >= 15 is 0 Å². The molecule has 0 atom stereocenters. The molecule has 4 heteroatoms. The van der Waals surface area contributed by atoms with E-state index in [0.29, 0.717) is 18.7 Å². The number of hydrogen-bond acceptors (Lipinski definition) is 3. The number of nitrogens with two attached hydrogens (primary N) is 1. The van der Waals surface area contributed by atoms with E-state index in [0.717, 1.165) is 19.3 Å². The molecule has 0 saturated carbocycles. The summed E-state index contributed by atoms with van der Waals surface area (Å²) in [6.07, 6.45) is 3.11.